The van der Waals surface area contributed by atoms with E-state index >= 15 is 0 Å². The fourth-order valence-electron chi connectivity index (χ4n) is 3.06. The Morgan fingerprint density at radius 1 is 1.20 bits per heavy atom. The summed E-state index contributed by atoms with van der Waals surface area (Å²) in [5, 5.41) is 3.10. The molecule has 3 rings (SSSR count). The molecule has 1 aliphatic heterocycles. The molecule has 0 saturated carbocycles. The SMILES string of the molecule is Cc1ccc(C)c(C(=O)N[C@@H]2COCC[C@@H]2OCc2ccccc2)c1. The Morgan fingerprint density at radius 2 is 2.00 bits per heavy atom. The largest absolute Gasteiger partial charge is 0.379 e. The molecule has 2 aromatic carbocycles. The summed E-state index contributed by atoms with van der Waals surface area (Å²) in [6.07, 6.45) is 0.743. The maximum atomic E-state index is 12.7. The van der Waals surface area contributed by atoms with Gasteiger partial charge in [-0.25, -0.2) is 0 Å². The van der Waals surface area contributed by atoms with Crippen molar-refractivity contribution in [2.75, 3.05) is 13.2 Å². The Hall–Kier alpha value is -2.17. The molecule has 4 nitrogen and oxygen atoms in total. The molecule has 0 aliphatic carbocycles. The Kier molecular flexibility index (Phi) is 5.84. The Balaban J connectivity index is 1.64. The first kappa shape index (κ1) is 17.6. The van der Waals surface area contributed by atoms with E-state index in [0.717, 1.165) is 23.1 Å². The van der Waals surface area contributed by atoms with Crippen molar-refractivity contribution in [3.63, 3.8) is 0 Å². The highest BCUT2D eigenvalue weighted by Crippen LogP contribution is 2.16. The number of benzene rings is 2. The molecule has 1 heterocycles. The van der Waals surface area contributed by atoms with E-state index in [1.54, 1.807) is 0 Å². The van der Waals surface area contributed by atoms with Crippen LogP contribution in [0, 0.1) is 13.8 Å². The van der Waals surface area contributed by atoms with Gasteiger partial charge >= 0.3 is 0 Å². The lowest BCUT2D eigenvalue weighted by atomic mass is 10.0. The average molecular weight is 339 g/mol. The highest BCUT2D eigenvalue weighted by molar-refractivity contribution is 5.96. The number of carbonyl (C=O) groups is 1. The molecule has 25 heavy (non-hydrogen) atoms. The van der Waals surface area contributed by atoms with Crippen molar-refractivity contribution in [2.24, 2.45) is 0 Å². The van der Waals surface area contributed by atoms with Gasteiger partial charge in [0, 0.05) is 12.2 Å². The van der Waals surface area contributed by atoms with Gasteiger partial charge in [0.2, 0.25) is 0 Å². The molecular weight excluding hydrogens is 314 g/mol. The van der Waals surface area contributed by atoms with Crippen molar-refractivity contribution >= 4 is 5.91 Å². The first-order chi connectivity index (χ1) is 12.1. The van der Waals surface area contributed by atoms with Crippen LogP contribution in [-0.4, -0.2) is 31.3 Å². The molecule has 1 amide bonds. The lowest BCUT2D eigenvalue weighted by molar-refractivity contribution is -0.0605. The summed E-state index contributed by atoms with van der Waals surface area (Å²) < 4.78 is 11.6. The summed E-state index contributed by atoms with van der Waals surface area (Å²) in [4.78, 5) is 12.7. The van der Waals surface area contributed by atoms with E-state index in [1.807, 2.05) is 62.4 Å². The normalized spacial score (nSPS) is 20.2. The highest BCUT2D eigenvalue weighted by Gasteiger charge is 2.28. The molecule has 1 N–H and O–H groups in total. The molecule has 1 saturated heterocycles. The maximum absolute atomic E-state index is 12.7. The van der Waals surface area contributed by atoms with Gasteiger partial charge in [-0.2, -0.15) is 0 Å². The molecular formula is C21H25NO3. The second-order valence-electron chi connectivity index (χ2n) is 6.60. The molecule has 132 valence electrons. The molecule has 0 spiro atoms. The van der Waals surface area contributed by atoms with E-state index in [1.165, 1.54) is 0 Å². The van der Waals surface area contributed by atoms with Crippen LogP contribution in [0.15, 0.2) is 48.5 Å². The highest BCUT2D eigenvalue weighted by atomic mass is 16.5. The number of ether oxygens (including phenoxy) is 2. The van der Waals surface area contributed by atoms with E-state index in [0.29, 0.717) is 25.4 Å². The van der Waals surface area contributed by atoms with E-state index in [4.69, 9.17) is 9.47 Å². The van der Waals surface area contributed by atoms with E-state index in [9.17, 15) is 4.79 Å². The van der Waals surface area contributed by atoms with Crippen LogP contribution in [0.25, 0.3) is 0 Å². The zero-order valence-electron chi connectivity index (χ0n) is 14.8. The third kappa shape index (κ3) is 4.68. The lowest BCUT2D eigenvalue weighted by Gasteiger charge is -2.32. The molecule has 4 heteroatoms. The van der Waals surface area contributed by atoms with E-state index in [-0.39, 0.29) is 18.1 Å². The lowest BCUT2D eigenvalue weighted by Crippen LogP contribution is -2.50. The number of hydrogen-bond donors (Lipinski definition) is 1. The summed E-state index contributed by atoms with van der Waals surface area (Å²) in [7, 11) is 0. The third-order valence-electron chi connectivity index (χ3n) is 4.55. The Labute approximate surface area is 149 Å². The van der Waals surface area contributed by atoms with Crippen LogP contribution >= 0.6 is 0 Å². The molecule has 0 radical (unpaired) electrons. The monoisotopic (exact) mass is 339 g/mol. The summed E-state index contributed by atoms with van der Waals surface area (Å²) >= 11 is 0. The second kappa shape index (κ2) is 8.28. The van der Waals surface area contributed by atoms with Crippen LogP contribution in [0.4, 0.5) is 0 Å². The molecule has 2 atom stereocenters. The Bertz CT molecular complexity index is 714. The fraction of sp³-hybridized carbons (Fsp3) is 0.381. The number of nitrogens with one attached hydrogen (secondary N) is 1. The summed E-state index contributed by atoms with van der Waals surface area (Å²) in [5.74, 6) is -0.0648. The van der Waals surface area contributed by atoms with Crippen molar-refractivity contribution in [3.8, 4) is 0 Å². The van der Waals surface area contributed by atoms with Crippen LogP contribution in [0.3, 0.4) is 0 Å². The van der Waals surface area contributed by atoms with Gasteiger partial charge in [-0.1, -0.05) is 48.0 Å². The summed E-state index contributed by atoms with van der Waals surface area (Å²) in [6, 6.07) is 15.9. The minimum atomic E-state index is -0.134. The summed E-state index contributed by atoms with van der Waals surface area (Å²) in [6.45, 7) is 5.63. The number of hydrogen-bond acceptors (Lipinski definition) is 3. The van der Waals surface area contributed by atoms with Gasteiger partial charge in [-0.15, -0.1) is 0 Å². The molecule has 0 bridgehead atoms. The number of carbonyl (C=O) groups excluding carboxylic acids is 1. The zero-order valence-corrected chi connectivity index (χ0v) is 14.8. The quantitative estimate of drug-likeness (QED) is 0.908. The first-order valence-corrected chi connectivity index (χ1v) is 8.75. The minimum absolute atomic E-state index is 0.0389. The Morgan fingerprint density at radius 3 is 2.80 bits per heavy atom. The molecule has 1 aliphatic rings. The van der Waals surface area contributed by atoms with Crippen molar-refractivity contribution in [2.45, 2.75) is 39.0 Å². The van der Waals surface area contributed by atoms with Crippen LogP contribution in [-0.2, 0) is 16.1 Å². The third-order valence-corrected chi connectivity index (χ3v) is 4.55. The van der Waals surface area contributed by atoms with Gasteiger partial charge < -0.3 is 14.8 Å². The van der Waals surface area contributed by atoms with Crippen molar-refractivity contribution < 1.29 is 14.3 Å². The molecule has 0 unspecified atom stereocenters. The van der Waals surface area contributed by atoms with Gasteiger partial charge in [-0.05, 0) is 37.5 Å². The average Bonchev–Trinajstić information content (AvgIpc) is 2.64. The standard InChI is InChI=1S/C21H25NO3/c1-15-8-9-16(2)18(12-15)21(23)22-19-14-24-11-10-20(19)25-13-17-6-4-3-5-7-17/h3-9,12,19-20H,10-11,13-14H2,1-2H3,(H,22,23)/t19-,20+/m1/s1. The fourth-order valence-corrected chi connectivity index (χ4v) is 3.06. The number of aryl methyl sites for hydroxylation is 2. The van der Waals surface area contributed by atoms with Crippen molar-refractivity contribution in [3.05, 3.63) is 70.8 Å². The summed E-state index contributed by atoms with van der Waals surface area (Å²) in [5.41, 5.74) is 3.90. The van der Waals surface area contributed by atoms with Crippen LogP contribution in [0.1, 0.15) is 33.5 Å². The van der Waals surface area contributed by atoms with Crippen LogP contribution in [0.5, 0.6) is 0 Å². The topological polar surface area (TPSA) is 47.6 Å². The minimum Gasteiger partial charge on any atom is -0.379 e. The second-order valence-corrected chi connectivity index (χ2v) is 6.60. The predicted octanol–water partition coefficient (Wildman–Crippen LogP) is 3.41. The van der Waals surface area contributed by atoms with Crippen LogP contribution in [0.2, 0.25) is 0 Å². The van der Waals surface area contributed by atoms with Gasteiger partial charge in [0.15, 0.2) is 0 Å². The molecule has 1 fully saturated rings. The van der Waals surface area contributed by atoms with E-state index in [2.05, 4.69) is 5.32 Å². The van der Waals surface area contributed by atoms with Crippen molar-refractivity contribution in [1.29, 1.82) is 0 Å². The van der Waals surface area contributed by atoms with E-state index < -0.39 is 0 Å². The predicted molar refractivity (Wildman–Crippen MR) is 97.6 cm³/mol. The van der Waals surface area contributed by atoms with Gasteiger partial charge in [0.05, 0.1) is 25.4 Å². The van der Waals surface area contributed by atoms with Gasteiger partial charge in [-0.3, -0.25) is 4.79 Å². The molecule has 2 aromatic rings. The van der Waals surface area contributed by atoms with Crippen molar-refractivity contribution in [1.82, 2.24) is 5.32 Å². The van der Waals surface area contributed by atoms with Gasteiger partial charge in [0.1, 0.15) is 0 Å². The molecule has 0 aromatic heterocycles. The number of rotatable bonds is 5. The first-order valence-electron chi connectivity index (χ1n) is 8.75. The van der Waals surface area contributed by atoms with Crippen LogP contribution < -0.4 is 5.32 Å². The maximum Gasteiger partial charge on any atom is 0.251 e. The number of amides is 1. The van der Waals surface area contributed by atoms with Gasteiger partial charge in [0.25, 0.3) is 5.91 Å². The zero-order chi connectivity index (χ0) is 17.6. The smallest absolute Gasteiger partial charge is 0.251 e.